The summed E-state index contributed by atoms with van der Waals surface area (Å²) in [5.74, 6) is 0.770. The standard InChI is InChI=1S/C17H24ClN3O.C3H8/c1-5-13-11-21(14-9-7-8-10-14)16(19-12(3)18)15(6-2)20(4)17(13)22;1-3-2/h5-6,14H,3,7-11H2,1-2,4H3;3H2,1-2H3/b13-5+,15-6+,19-16+;. The van der Waals surface area contributed by atoms with E-state index in [1.165, 1.54) is 19.3 Å². The molecular weight excluding hydrogens is 334 g/mol. The van der Waals surface area contributed by atoms with E-state index in [0.717, 1.165) is 29.9 Å². The van der Waals surface area contributed by atoms with Crippen molar-refractivity contribution in [2.24, 2.45) is 4.99 Å². The van der Waals surface area contributed by atoms with E-state index in [-0.39, 0.29) is 11.1 Å². The molecule has 0 aromatic carbocycles. The van der Waals surface area contributed by atoms with Gasteiger partial charge in [0.25, 0.3) is 5.91 Å². The molecule has 2 aliphatic rings. The number of halogens is 1. The van der Waals surface area contributed by atoms with Crippen LogP contribution < -0.4 is 0 Å². The zero-order valence-corrected chi connectivity index (χ0v) is 17.1. The third kappa shape index (κ3) is 5.46. The van der Waals surface area contributed by atoms with Crippen molar-refractivity contribution in [2.75, 3.05) is 13.6 Å². The number of carbonyl (C=O) groups excluding carboxylic acids is 1. The van der Waals surface area contributed by atoms with Crippen LogP contribution in [0.15, 0.2) is 40.1 Å². The maximum atomic E-state index is 12.6. The molecule has 0 radical (unpaired) electrons. The fraction of sp³-hybridized carbons (Fsp3) is 0.600. The summed E-state index contributed by atoms with van der Waals surface area (Å²) in [6, 6.07) is 0.402. The van der Waals surface area contributed by atoms with Crippen molar-refractivity contribution < 1.29 is 4.79 Å². The van der Waals surface area contributed by atoms with Crippen LogP contribution in [0.25, 0.3) is 0 Å². The second-order valence-corrected chi connectivity index (χ2v) is 6.87. The van der Waals surface area contributed by atoms with Gasteiger partial charge >= 0.3 is 0 Å². The smallest absolute Gasteiger partial charge is 0.255 e. The number of amides is 1. The van der Waals surface area contributed by atoms with Gasteiger partial charge in [0.1, 0.15) is 5.16 Å². The number of amidine groups is 1. The van der Waals surface area contributed by atoms with Gasteiger partial charge in [-0.15, -0.1) is 0 Å². The molecule has 0 bridgehead atoms. The lowest BCUT2D eigenvalue weighted by Gasteiger charge is -2.31. The molecular formula is C20H32ClN3O. The Morgan fingerprint density at radius 2 is 1.84 bits per heavy atom. The Morgan fingerprint density at radius 3 is 2.28 bits per heavy atom. The zero-order valence-electron chi connectivity index (χ0n) is 16.3. The molecule has 0 N–H and O–H groups in total. The van der Waals surface area contributed by atoms with Crippen LogP contribution >= 0.6 is 11.6 Å². The monoisotopic (exact) mass is 365 g/mol. The SMILES string of the molecule is C=C(Cl)/N=C1\C(=C/C)N(C)C(=O)/C(=C/C)CN1C1CCCC1.CCC. The van der Waals surface area contributed by atoms with Crippen molar-refractivity contribution in [3.8, 4) is 0 Å². The minimum absolute atomic E-state index is 0.0176. The first-order chi connectivity index (χ1) is 11.9. The number of likely N-dealkylation sites (N-methyl/N-ethyl adjacent to an activating group) is 1. The fourth-order valence-electron chi connectivity index (χ4n) is 3.24. The van der Waals surface area contributed by atoms with Gasteiger partial charge in [-0.3, -0.25) is 4.79 Å². The molecule has 0 spiro atoms. The highest BCUT2D eigenvalue weighted by molar-refractivity contribution is 6.30. The third-order valence-corrected chi connectivity index (χ3v) is 4.48. The summed E-state index contributed by atoms with van der Waals surface area (Å²) in [7, 11) is 1.78. The largest absolute Gasteiger partial charge is 0.347 e. The number of carbonyl (C=O) groups is 1. The summed E-state index contributed by atoms with van der Waals surface area (Å²) in [4.78, 5) is 21.0. The number of nitrogens with zero attached hydrogens (tertiary/aromatic N) is 3. The highest BCUT2D eigenvalue weighted by Gasteiger charge is 2.35. The normalized spacial score (nSPS) is 23.9. The quantitative estimate of drug-likeness (QED) is 0.505. The van der Waals surface area contributed by atoms with Crippen LogP contribution in [0.3, 0.4) is 0 Å². The van der Waals surface area contributed by atoms with Gasteiger partial charge in [-0.05, 0) is 26.7 Å². The van der Waals surface area contributed by atoms with Crippen LogP contribution in [0.2, 0.25) is 0 Å². The molecule has 2 rings (SSSR count). The van der Waals surface area contributed by atoms with E-state index in [2.05, 4.69) is 30.3 Å². The lowest BCUT2D eigenvalue weighted by Crippen LogP contribution is -2.41. The lowest BCUT2D eigenvalue weighted by atomic mass is 10.1. The highest BCUT2D eigenvalue weighted by Crippen LogP contribution is 2.29. The molecule has 1 saturated heterocycles. The van der Waals surface area contributed by atoms with Gasteiger partial charge in [-0.2, -0.15) is 0 Å². The van der Waals surface area contributed by atoms with Crippen molar-refractivity contribution in [1.29, 1.82) is 0 Å². The molecule has 140 valence electrons. The molecule has 2 fully saturated rings. The minimum Gasteiger partial charge on any atom is -0.347 e. The van der Waals surface area contributed by atoms with Crippen molar-refractivity contribution in [1.82, 2.24) is 9.80 Å². The Kier molecular flexibility index (Phi) is 8.98. The van der Waals surface area contributed by atoms with E-state index in [9.17, 15) is 4.79 Å². The van der Waals surface area contributed by atoms with Crippen molar-refractivity contribution >= 4 is 23.3 Å². The summed E-state index contributed by atoms with van der Waals surface area (Å²) in [6.45, 7) is 12.3. The molecule has 1 aliphatic heterocycles. The van der Waals surface area contributed by atoms with Gasteiger partial charge in [0.15, 0.2) is 5.84 Å². The zero-order chi connectivity index (χ0) is 19.0. The van der Waals surface area contributed by atoms with Gasteiger partial charge in [0.05, 0.1) is 5.70 Å². The van der Waals surface area contributed by atoms with E-state index >= 15 is 0 Å². The average molecular weight is 366 g/mol. The van der Waals surface area contributed by atoms with Crippen molar-refractivity contribution in [3.63, 3.8) is 0 Å². The van der Waals surface area contributed by atoms with E-state index in [4.69, 9.17) is 11.6 Å². The van der Waals surface area contributed by atoms with Gasteiger partial charge in [-0.25, -0.2) is 4.99 Å². The summed E-state index contributed by atoms with van der Waals surface area (Å²) >= 11 is 5.96. The van der Waals surface area contributed by atoms with Crippen molar-refractivity contribution in [3.05, 3.63) is 35.2 Å². The third-order valence-electron chi connectivity index (χ3n) is 4.40. The molecule has 1 aliphatic carbocycles. The van der Waals surface area contributed by atoms with Gasteiger partial charge in [-0.1, -0.05) is 63.4 Å². The van der Waals surface area contributed by atoms with E-state index in [1.54, 1.807) is 11.9 Å². The Labute approximate surface area is 157 Å². The Hall–Kier alpha value is -1.55. The topological polar surface area (TPSA) is 35.9 Å². The van der Waals surface area contributed by atoms with Crippen LogP contribution in [0.4, 0.5) is 0 Å². The number of allylic oxidation sites excluding steroid dienone is 2. The second-order valence-electron chi connectivity index (χ2n) is 6.44. The van der Waals surface area contributed by atoms with E-state index < -0.39 is 0 Å². The molecule has 25 heavy (non-hydrogen) atoms. The average Bonchev–Trinajstić information content (AvgIpc) is 3.07. The maximum Gasteiger partial charge on any atom is 0.255 e. The number of hydrogen-bond acceptors (Lipinski definition) is 2. The van der Waals surface area contributed by atoms with Crippen LogP contribution in [-0.2, 0) is 4.79 Å². The number of hydrogen-bond donors (Lipinski definition) is 0. The van der Waals surface area contributed by atoms with Crippen LogP contribution in [0.1, 0.15) is 59.8 Å². The van der Waals surface area contributed by atoms with E-state index in [1.807, 2.05) is 26.0 Å². The van der Waals surface area contributed by atoms with Gasteiger partial charge in [0, 0.05) is 25.2 Å². The molecule has 5 heteroatoms. The molecule has 0 atom stereocenters. The number of rotatable bonds is 2. The first kappa shape index (κ1) is 21.5. The molecule has 0 aromatic heterocycles. The lowest BCUT2D eigenvalue weighted by molar-refractivity contribution is -0.123. The molecule has 1 saturated carbocycles. The predicted octanol–water partition coefficient (Wildman–Crippen LogP) is 5.08. The fourth-order valence-corrected chi connectivity index (χ4v) is 3.32. The molecule has 0 aromatic rings. The first-order valence-corrected chi connectivity index (χ1v) is 9.58. The first-order valence-electron chi connectivity index (χ1n) is 9.20. The highest BCUT2D eigenvalue weighted by atomic mass is 35.5. The predicted molar refractivity (Wildman–Crippen MR) is 108 cm³/mol. The van der Waals surface area contributed by atoms with Crippen LogP contribution in [-0.4, -0.2) is 41.2 Å². The molecule has 1 heterocycles. The Bertz CT molecular complexity index is 571. The Balaban J connectivity index is 0.000000970. The van der Waals surface area contributed by atoms with Crippen molar-refractivity contribution in [2.45, 2.75) is 65.8 Å². The van der Waals surface area contributed by atoms with Gasteiger partial charge < -0.3 is 9.80 Å². The summed E-state index contributed by atoms with van der Waals surface area (Å²) < 4.78 is 0. The summed E-state index contributed by atoms with van der Waals surface area (Å²) in [5, 5.41) is 0.238. The van der Waals surface area contributed by atoms with E-state index in [0.29, 0.717) is 12.6 Å². The molecule has 0 unspecified atom stereocenters. The van der Waals surface area contributed by atoms with Crippen LogP contribution in [0, 0.1) is 0 Å². The maximum absolute atomic E-state index is 12.6. The second kappa shape index (κ2) is 10.4. The molecule has 4 nitrogen and oxygen atoms in total. The molecule has 1 amide bonds. The number of aliphatic imine (C=N–C) groups is 1. The van der Waals surface area contributed by atoms with Gasteiger partial charge in [0.2, 0.25) is 0 Å². The summed E-state index contributed by atoms with van der Waals surface area (Å²) in [6.07, 6.45) is 9.75. The Morgan fingerprint density at radius 1 is 1.28 bits per heavy atom. The summed E-state index contributed by atoms with van der Waals surface area (Å²) in [5.41, 5.74) is 1.58. The van der Waals surface area contributed by atoms with Crippen LogP contribution in [0.5, 0.6) is 0 Å². The minimum atomic E-state index is 0.0176.